The summed E-state index contributed by atoms with van der Waals surface area (Å²) in [5.74, 6) is -0.157. The maximum atomic E-state index is 13.2. The van der Waals surface area contributed by atoms with E-state index >= 15 is 0 Å². The van der Waals surface area contributed by atoms with Gasteiger partial charge in [-0.15, -0.1) is 0 Å². The number of sulfonamides is 1. The van der Waals surface area contributed by atoms with E-state index in [4.69, 9.17) is 4.42 Å². The Morgan fingerprint density at radius 3 is 2.56 bits per heavy atom. The van der Waals surface area contributed by atoms with Crippen LogP contribution in [0.3, 0.4) is 0 Å². The van der Waals surface area contributed by atoms with Gasteiger partial charge < -0.3 is 9.32 Å². The third-order valence-corrected chi connectivity index (χ3v) is 8.65. The average molecular weight is 464 g/mol. The molecular formula is C23H33N3O5S. The Labute approximate surface area is 189 Å². The fraction of sp³-hybridized carbons (Fsp3) is 0.652. The lowest BCUT2D eigenvalue weighted by atomic mass is 9.94. The number of carbonyl (C=O) groups excluding carboxylic acids is 1. The fourth-order valence-corrected chi connectivity index (χ4v) is 6.98. The zero-order chi connectivity index (χ0) is 23.0. The number of fused-ring (bicyclic) bond motifs is 1. The molecule has 3 atom stereocenters. The van der Waals surface area contributed by atoms with Crippen molar-refractivity contribution in [1.82, 2.24) is 13.8 Å². The van der Waals surface area contributed by atoms with Crippen molar-refractivity contribution in [2.75, 3.05) is 19.6 Å². The molecule has 1 amide bonds. The number of hydrogen-bond donors (Lipinski definition) is 0. The summed E-state index contributed by atoms with van der Waals surface area (Å²) >= 11 is 0. The number of piperidine rings is 2. The topological polar surface area (TPSA) is 92.8 Å². The first-order chi connectivity index (χ1) is 15.2. The largest absolute Gasteiger partial charge is 0.420 e. The van der Waals surface area contributed by atoms with Gasteiger partial charge in [0.1, 0.15) is 6.54 Å². The van der Waals surface area contributed by atoms with Gasteiger partial charge in [-0.25, -0.2) is 13.2 Å². The van der Waals surface area contributed by atoms with Crippen LogP contribution in [0.5, 0.6) is 0 Å². The second-order valence-electron chi connectivity index (χ2n) is 9.50. The molecule has 2 saturated heterocycles. The van der Waals surface area contributed by atoms with Crippen molar-refractivity contribution < 1.29 is 17.6 Å². The van der Waals surface area contributed by atoms with Gasteiger partial charge in [0.25, 0.3) is 0 Å². The zero-order valence-corrected chi connectivity index (χ0v) is 19.9. The molecule has 2 aliphatic rings. The summed E-state index contributed by atoms with van der Waals surface area (Å²) < 4.78 is 34.6. The Hall–Kier alpha value is -2.13. The molecule has 1 aromatic heterocycles. The van der Waals surface area contributed by atoms with Crippen LogP contribution in [0, 0.1) is 11.8 Å². The number of hydrogen-bond acceptors (Lipinski definition) is 5. The second kappa shape index (κ2) is 9.02. The maximum Gasteiger partial charge on any atom is 0.420 e. The highest BCUT2D eigenvalue weighted by atomic mass is 32.2. The molecule has 0 unspecified atom stereocenters. The number of likely N-dealkylation sites (tertiary alicyclic amines) is 1. The number of benzene rings is 1. The highest BCUT2D eigenvalue weighted by Gasteiger charge is 2.32. The molecule has 1 aromatic carbocycles. The molecule has 176 valence electrons. The van der Waals surface area contributed by atoms with Crippen molar-refractivity contribution in [2.45, 2.75) is 70.4 Å². The Morgan fingerprint density at radius 2 is 1.88 bits per heavy atom. The summed E-state index contributed by atoms with van der Waals surface area (Å²) in [5, 5.41) is 0. The van der Waals surface area contributed by atoms with Gasteiger partial charge in [0.2, 0.25) is 15.9 Å². The van der Waals surface area contributed by atoms with Gasteiger partial charge >= 0.3 is 5.76 Å². The molecule has 9 heteroatoms. The molecule has 2 aromatic rings. The second-order valence-corrected chi connectivity index (χ2v) is 11.4. The first kappa shape index (κ1) is 23.0. The SMILES string of the molecule is CC[C@@H]1CCCCN1C(=O)Cn1c(=O)oc2cc(S(=O)(=O)N3C[C@H](C)C[C@@H](C)C3)ccc21. The number of carbonyl (C=O) groups is 1. The van der Waals surface area contributed by atoms with Gasteiger partial charge in [-0.1, -0.05) is 20.8 Å². The van der Waals surface area contributed by atoms with E-state index in [9.17, 15) is 18.0 Å². The number of nitrogens with zero attached hydrogens (tertiary/aromatic N) is 3. The highest BCUT2D eigenvalue weighted by Crippen LogP contribution is 2.28. The van der Waals surface area contributed by atoms with Gasteiger partial charge in [-0.3, -0.25) is 9.36 Å². The smallest absolute Gasteiger partial charge is 0.408 e. The molecule has 0 spiro atoms. The van der Waals surface area contributed by atoms with Crippen molar-refractivity contribution in [2.24, 2.45) is 11.8 Å². The maximum absolute atomic E-state index is 13.2. The number of rotatable bonds is 5. The minimum absolute atomic E-state index is 0.102. The molecule has 0 N–H and O–H groups in total. The third-order valence-electron chi connectivity index (χ3n) is 6.82. The molecule has 4 rings (SSSR count). The molecule has 2 aliphatic heterocycles. The third kappa shape index (κ3) is 4.37. The molecular weight excluding hydrogens is 430 g/mol. The Kier molecular flexibility index (Phi) is 6.49. The van der Waals surface area contributed by atoms with Crippen molar-refractivity contribution in [3.63, 3.8) is 0 Å². The molecule has 0 radical (unpaired) electrons. The molecule has 2 fully saturated rings. The number of oxazole rings is 1. The van der Waals surface area contributed by atoms with Crippen LogP contribution in [0.1, 0.15) is 52.9 Å². The normalized spacial score (nSPS) is 25.3. The molecule has 3 heterocycles. The summed E-state index contributed by atoms with van der Waals surface area (Å²) in [7, 11) is -3.69. The lowest BCUT2D eigenvalue weighted by Gasteiger charge is -2.35. The van der Waals surface area contributed by atoms with E-state index in [1.165, 1.54) is 21.0 Å². The lowest BCUT2D eigenvalue weighted by Crippen LogP contribution is -2.45. The van der Waals surface area contributed by atoms with Gasteiger partial charge in [0.15, 0.2) is 5.58 Å². The lowest BCUT2D eigenvalue weighted by molar-refractivity contribution is -0.135. The molecule has 0 saturated carbocycles. The van der Waals surface area contributed by atoms with Crippen molar-refractivity contribution in [3.05, 3.63) is 28.7 Å². The van der Waals surface area contributed by atoms with Gasteiger partial charge in [0.05, 0.1) is 10.4 Å². The van der Waals surface area contributed by atoms with E-state index in [0.29, 0.717) is 37.0 Å². The van der Waals surface area contributed by atoms with E-state index in [-0.39, 0.29) is 29.0 Å². The minimum atomic E-state index is -3.69. The number of aromatic nitrogens is 1. The van der Waals surface area contributed by atoms with Crippen molar-refractivity contribution >= 4 is 27.0 Å². The summed E-state index contributed by atoms with van der Waals surface area (Å²) in [6.45, 7) is 7.76. The number of amides is 1. The van der Waals surface area contributed by atoms with Crippen molar-refractivity contribution in [1.29, 1.82) is 0 Å². The summed E-state index contributed by atoms with van der Waals surface area (Å²) in [6, 6.07) is 4.70. The van der Waals surface area contributed by atoms with Crippen LogP contribution in [-0.2, 0) is 21.4 Å². The van der Waals surface area contributed by atoms with Crippen LogP contribution in [0.2, 0.25) is 0 Å². The molecule has 0 aliphatic carbocycles. The monoisotopic (exact) mass is 463 g/mol. The van der Waals surface area contributed by atoms with E-state index < -0.39 is 15.8 Å². The predicted octanol–water partition coefficient (Wildman–Crippen LogP) is 3.05. The van der Waals surface area contributed by atoms with E-state index in [1.54, 1.807) is 6.07 Å². The first-order valence-corrected chi connectivity index (χ1v) is 13.1. The standard InChI is InChI=1S/C23H33N3O5S/c1-4-18-7-5-6-10-25(18)22(27)15-26-20-9-8-19(12-21(20)31-23(26)28)32(29,30)24-13-16(2)11-17(3)14-24/h8-9,12,16-18H,4-7,10-11,13-15H2,1-3H3/t16-,17-,18-/m1/s1. The molecule has 0 bridgehead atoms. The van der Waals surface area contributed by atoms with Crippen LogP contribution in [-0.4, -0.2) is 53.8 Å². The Bertz CT molecular complexity index is 1140. The quantitative estimate of drug-likeness (QED) is 0.679. The predicted molar refractivity (Wildman–Crippen MR) is 122 cm³/mol. The highest BCUT2D eigenvalue weighted by molar-refractivity contribution is 7.89. The van der Waals surface area contributed by atoms with E-state index in [2.05, 4.69) is 20.8 Å². The molecule has 8 nitrogen and oxygen atoms in total. The van der Waals surface area contributed by atoms with Gasteiger partial charge in [-0.05, 0) is 56.1 Å². The van der Waals surface area contributed by atoms with Crippen LogP contribution >= 0.6 is 0 Å². The van der Waals surface area contributed by atoms with E-state index in [0.717, 1.165) is 32.1 Å². The van der Waals surface area contributed by atoms with Crippen LogP contribution < -0.4 is 5.76 Å². The van der Waals surface area contributed by atoms with Crippen LogP contribution in [0.15, 0.2) is 32.3 Å². The van der Waals surface area contributed by atoms with Crippen LogP contribution in [0.4, 0.5) is 0 Å². The zero-order valence-electron chi connectivity index (χ0n) is 19.1. The van der Waals surface area contributed by atoms with E-state index in [1.807, 2.05) is 4.90 Å². The van der Waals surface area contributed by atoms with Crippen LogP contribution in [0.25, 0.3) is 11.1 Å². The Morgan fingerprint density at radius 1 is 1.16 bits per heavy atom. The summed E-state index contributed by atoms with van der Waals surface area (Å²) in [5.41, 5.74) is 0.625. The summed E-state index contributed by atoms with van der Waals surface area (Å²) in [4.78, 5) is 27.4. The minimum Gasteiger partial charge on any atom is -0.408 e. The van der Waals surface area contributed by atoms with Gasteiger partial charge in [0, 0.05) is 31.7 Å². The summed E-state index contributed by atoms with van der Waals surface area (Å²) in [6.07, 6.45) is 4.97. The fourth-order valence-electron chi connectivity index (χ4n) is 5.29. The molecule has 32 heavy (non-hydrogen) atoms. The Balaban J connectivity index is 1.60. The average Bonchev–Trinajstić information content (AvgIpc) is 3.07. The van der Waals surface area contributed by atoms with Crippen molar-refractivity contribution in [3.8, 4) is 0 Å². The van der Waals surface area contributed by atoms with Gasteiger partial charge in [-0.2, -0.15) is 4.31 Å². The first-order valence-electron chi connectivity index (χ1n) is 11.6.